The highest BCUT2D eigenvalue weighted by Gasteiger charge is 2.22. The summed E-state index contributed by atoms with van der Waals surface area (Å²) in [5, 5.41) is 0. The zero-order valence-corrected chi connectivity index (χ0v) is 11.3. The van der Waals surface area contributed by atoms with E-state index in [0.717, 1.165) is 0 Å². The summed E-state index contributed by atoms with van der Waals surface area (Å²) in [6, 6.07) is 0. The molecular formula is C9H20N2O2S2. The minimum atomic E-state index is -3.35. The molecule has 0 aliphatic heterocycles. The lowest BCUT2D eigenvalue weighted by Gasteiger charge is -2.27. The zero-order chi connectivity index (χ0) is 12.3. The van der Waals surface area contributed by atoms with Gasteiger partial charge >= 0.3 is 0 Å². The Morgan fingerprint density at radius 3 is 2.27 bits per heavy atom. The predicted octanol–water partition coefficient (Wildman–Crippen LogP) is 0.874. The summed E-state index contributed by atoms with van der Waals surface area (Å²) in [5.74, 6) is -0.0299. The highest BCUT2D eigenvalue weighted by atomic mass is 32.2. The molecule has 0 spiro atoms. The molecule has 0 aliphatic rings. The molecule has 0 saturated heterocycles. The van der Waals surface area contributed by atoms with Crippen molar-refractivity contribution in [2.75, 3.05) is 12.3 Å². The van der Waals surface area contributed by atoms with Crippen molar-refractivity contribution in [1.82, 2.24) is 4.72 Å². The van der Waals surface area contributed by atoms with Gasteiger partial charge in [-0.2, -0.15) is 0 Å². The van der Waals surface area contributed by atoms with Crippen molar-refractivity contribution < 1.29 is 8.42 Å². The zero-order valence-electron chi connectivity index (χ0n) is 9.70. The molecule has 0 aliphatic carbocycles. The first kappa shape index (κ1) is 14.8. The molecule has 4 nitrogen and oxygen atoms in total. The van der Waals surface area contributed by atoms with Crippen LogP contribution in [0.5, 0.6) is 0 Å². The van der Waals surface area contributed by atoms with Gasteiger partial charge in [-0.1, -0.05) is 39.9 Å². The van der Waals surface area contributed by atoms with E-state index in [9.17, 15) is 8.42 Å². The molecular weight excluding hydrogens is 232 g/mol. The summed E-state index contributed by atoms with van der Waals surface area (Å²) < 4.78 is 25.3. The lowest BCUT2D eigenvalue weighted by atomic mass is 9.82. The number of rotatable bonds is 5. The average molecular weight is 252 g/mol. The standard InChI is InChI=1S/C9H20N2O2S2/c1-7(9(2,3)4)5-11-15(12,13)6-8(10)14/h7,11H,5-6H2,1-4H3,(H2,10,14). The molecule has 0 aromatic heterocycles. The van der Waals surface area contributed by atoms with E-state index in [-0.39, 0.29) is 22.1 Å². The molecule has 6 heteroatoms. The number of nitrogens with two attached hydrogens (primary N) is 1. The largest absolute Gasteiger partial charge is 0.392 e. The number of hydrogen-bond acceptors (Lipinski definition) is 3. The highest BCUT2D eigenvalue weighted by Crippen LogP contribution is 2.24. The van der Waals surface area contributed by atoms with E-state index in [1.807, 2.05) is 6.92 Å². The van der Waals surface area contributed by atoms with Crippen LogP contribution in [-0.2, 0) is 10.0 Å². The van der Waals surface area contributed by atoms with Crippen molar-refractivity contribution in [2.24, 2.45) is 17.1 Å². The van der Waals surface area contributed by atoms with E-state index in [0.29, 0.717) is 6.54 Å². The van der Waals surface area contributed by atoms with Gasteiger partial charge in [-0.25, -0.2) is 13.1 Å². The van der Waals surface area contributed by atoms with Gasteiger partial charge in [0.1, 0.15) is 5.75 Å². The fraction of sp³-hybridized carbons (Fsp3) is 0.889. The molecule has 15 heavy (non-hydrogen) atoms. The Hall–Kier alpha value is -0.200. The van der Waals surface area contributed by atoms with Crippen molar-refractivity contribution >= 4 is 27.2 Å². The maximum atomic E-state index is 11.4. The molecule has 0 bridgehead atoms. The Labute approximate surface area is 97.7 Å². The van der Waals surface area contributed by atoms with Crippen molar-refractivity contribution in [2.45, 2.75) is 27.7 Å². The summed E-state index contributed by atoms with van der Waals surface area (Å²) in [4.78, 5) is -0.00842. The summed E-state index contributed by atoms with van der Waals surface area (Å²) in [6.45, 7) is 8.62. The molecule has 1 unspecified atom stereocenters. The third-order valence-corrected chi connectivity index (χ3v) is 4.04. The molecule has 90 valence electrons. The van der Waals surface area contributed by atoms with Crippen LogP contribution in [0.1, 0.15) is 27.7 Å². The van der Waals surface area contributed by atoms with Crippen LogP contribution in [0.25, 0.3) is 0 Å². The summed E-state index contributed by atoms with van der Waals surface area (Å²) in [6.07, 6.45) is 0. The highest BCUT2D eigenvalue weighted by molar-refractivity contribution is 7.92. The van der Waals surface area contributed by atoms with Crippen LogP contribution in [0, 0.1) is 11.3 Å². The Balaban J connectivity index is 4.22. The molecule has 0 aromatic rings. The number of nitrogens with one attached hydrogen (secondary N) is 1. The van der Waals surface area contributed by atoms with Gasteiger partial charge in [-0.15, -0.1) is 0 Å². The smallest absolute Gasteiger partial charge is 0.218 e. The first-order chi connectivity index (χ1) is 6.54. The second kappa shape index (κ2) is 5.23. The Morgan fingerprint density at radius 2 is 1.93 bits per heavy atom. The van der Waals surface area contributed by atoms with Gasteiger partial charge in [0.15, 0.2) is 0 Å². The van der Waals surface area contributed by atoms with E-state index in [4.69, 9.17) is 5.73 Å². The predicted molar refractivity (Wildman–Crippen MR) is 67.2 cm³/mol. The molecule has 0 aromatic carbocycles. The molecule has 0 rings (SSSR count). The van der Waals surface area contributed by atoms with Crippen LogP contribution in [0.15, 0.2) is 0 Å². The fourth-order valence-corrected chi connectivity index (χ4v) is 2.24. The number of sulfonamides is 1. The quantitative estimate of drug-likeness (QED) is 0.712. The van der Waals surface area contributed by atoms with Crippen molar-refractivity contribution in [1.29, 1.82) is 0 Å². The number of hydrogen-bond donors (Lipinski definition) is 2. The average Bonchev–Trinajstić information content (AvgIpc) is 1.95. The van der Waals surface area contributed by atoms with Gasteiger partial charge < -0.3 is 5.73 Å². The van der Waals surface area contributed by atoms with Gasteiger partial charge in [0, 0.05) is 6.54 Å². The SMILES string of the molecule is CC(CNS(=O)(=O)CC(N)=S)C(C)(C)C. The maximum Gasteiger partial charge on any atom is 0.218 e. The summed E-state index contributed by atoms with van der Waals surface area (Å²) in [7, 11) is -3.35. The van der Waals surface area contributed by atoms with Crippen molar-refractivity contribution in [3.63, 3.8) is 0 Å². The minimum absolute atomic E-state index is 0.00842. The van der Waals surface area contributed by atoms with Crippen LogP contribution in [0.3, 0.4) is 0 Å². The topological polar surface area (TPSA) is 72.2 Å². The normalized spacial score (nSPS) is 14.9. The van der Waals surface area contributed by atoms with E-state index >= 15 is 0 Å². The van der Waals surface area contributed by atoms with Gasteiger partial charge in [-0.05, 0) is 11.3 Å². The first-order valence-corrected chi connectivity index (χ1v) is 6.86. The summed E-state index contributed by atoms with van der Waals surface area (Å²) >= 11 is 4.56. The summed E-state index contributed by atoms with van der Waals surface area (Å²) in [5.41, 5.74) is 5.26. The van der Waals surface area contributed by atoms with E-state index in [1.165, 1.54) is 0 Å². The van der Waals surface area contributed by atoms with Crippen molar-refractivity contribution in [3.8, 4) is 0 Å². The molecule has 0 amide bonds. The van der Waals surface area contributed by atoms with Crippen LogP contribution in [-0.4, -0.2) is 25.7 Å². The monoisotopic (exact) mass is 252 g/mol. The van der Waals surface area contributed by atoms with Crippen LogP contribution in [0.2, 0.25) is 0 Å². The molecule has 0 saturated carbocycles. The van der Waals surface area contributed by atoms with Gasteiger partial charge in [0.25, 0.3) is 0 Å². The van der Waals surface area contributed by atoms with Crippen LogP contribution in [0.4, 0.5) is 0 Å². The molecule has 0 fully saturated rings. The van der Waals surface area contributed by atoms with E-state index in [2.05, 4.69) is 37.7 Å². The van der Waals surface area contributed by atoms with Gasteiger partial charge in [0.2, 0.25) is 10.0 Å². The van der Waals surface area contributed by atoms with Gasteiger partial charge in [-0.3, -0.25) is 0 Å². The number of thiocarbonyl (C=S) groups is 1. The second-order valence-electron chi connectivity index (χ2n) is 4.84. The van der Waals surface area contributed by atoms with Crippen LogP contribution >= 0.6 is 12.2 Å². The molecule has 1 atom stereocenters. The minimum Gasteiger partial charge on any atom is -0.392 e. The Bertz CT molecular complexity index is 317. The Morgan fingerprint density at radius 1 is 1.47 bits per heavy atom. The fourth-order valence-electron chi connectivity index (χ4n) is 0.796. The maximum absolute atomic E-state index is 11.4. The van der Waals surface area contributed by atoms with E-state index < -0.39 is 10.0 Å². The van der Waals surface area contributed by atoms with E-state index in [1.54, 1.807) is 0 Å². The van der Waals surface area contributed by atoms with Crippen LogP contribution < -0.4 is 10.5 Å². The third kappa shape index (κ3) is 6.81. The third-order valence-electron chi connectivity index (χ3n) is 2.42. The van der Waals surface area contributed by atoms with Gasteiger partial charge in [0.05, 0.1) is 4.99 Å². The molecule has 0 heterocycles. The van der Waals surface area contributed by atoms with Crippen molar-refractivity contribution in [3.05, 3.63) is 0 Å². The second-order valence-corrected chi connectivity index (χ2v) is 7.17. The molecule has 3 N–H and O–H groups in total. The lowest BCUT2D eigenvalue weighted by Crippen LogP contribution is -2.37. The first-order valence-electron chi connectivity index (χ1n) is 4.80. The molecule has 0 radical (unpaired) electrons. The lowest BCUT2D eigenvalue weighted by molar-refractivity contribution is 0.263. The Kier molecular flexibility index (Phi) is 5.16.